The van der Waals surface area contributed by atoms with Gasteiger partial charge in [0.2, 0.25) is 5.95 Å². The molecule has 0 unspecified atom stereocenters. The number of hydrogen-bond acceptors (Lipinski definition) is 6. The molecule has 1 aliphatic rings. The predicted octanol–water partition coefficient (Wildman–Crippen LogP) is 1.96. The molecule has 0 amide bonds. The van der Waals surface area contributed by atoms with Gasteiger partial charge in [0.1, 0.15) is 6.10 Å². The lowest BCUT2D eigenvalue weighted by atomic mass is 10.1. The van der Waals surface area contributed by atoms with Crippen LogP contribution in [-0.4, -0.2) is 38.4 Å². The van der Waals surface area contributed by atoms with Crippen molar-refractivity contribution in [2.24, 2.45) is 0 Å². The van der Waals surface area contributed by atoms with Crippen LogP contribution < -0.4 is 10.2 Å². The molecule has 0 saturated carbocycles. The van der Waals surface area contributed by atoms with Crippen molar-refractivity contribution in [2.45, 2.75) is 19.2 Å². The third kappa shape index (κ3) is 2.99. The molecule has 0 fully saturated rings. The lowest BCUT2D eigenvalue weighted by Gasteiger charge is -2.27. The van der Waals surface area contributed by atoms with E-state index in [-0.39, 0.29) is 5.82 Å². The van der Waals surface area contributed by atoms with Gasteiger partial charge in [0.15, 0.2) is 11.6 Å². The number of aliphatic hydroxyl groups excluding tert-OH is 1. The second-order valence-electron chi connectivity index (χ2n) is 6.14. The summed E-state index contributed by atoms with van der Waals surface area (Å²) in [7, 11) is 1.62. The Morgan fingerprint density at radius 1 is 1.23 bits per heavy atom. The van der Waals surface area contributed by atoms with Crippen molar-refractivity contribution in [3.63, 3.8) is 0 Å². The van der Waals surface area contributed by atoms with E-state index in [0.717, 1.165) is 11.3 Å². The van der Waals surface area contributed by atoms with Gasteiger partial charge in [-0.2, -0.15) is 10.1 Å². The third-order valence-corrected chi connectivity index (χ3v) is 4.46. The number of hydrogen-bond donors (Lipinski definition) is 2. The number of nitrogens with zero attached hydrogens (tertiary/aromatic N) is 5. The predicted molar refractivity (Wildman–Crippen MR) is 95.3 cm³/mol. The highest BCUT2D eigenvalue weighted by atomic mass is 19.1. The molecule has 4 rings (SSSR count). The number of anilines is 2. The maximum absolute atomic E-state index is 13.6. The molecule has 2 N–H and O–H groups in total. The molecule has 1 aliphatic heterocycles. The Morgan fingerprint density at radius 3 is 2.81 bits per heavy atom. The van der Waals surface area contributed by atoms with Gasteiger partial charge in [-0.25, -0.2) is 9.37 Å². The minimum Gasteiger partial charge on any atom is -0.382 e. The first kappa shape index (κ1) is 16.5. The van der Waals surface area contributed by atoms with Crippen LogP contribution >= 0.6 is 0 Å². The second kappa shape index (κ2) is 6.72. The monoisotopic (exact) mass is 354 g/mol. The van der Waals surface area contributed by atoms with Crippen molar-refractivity contribution in [1.29, 1.82) is 0 Å². The van der Waals surface area contributed by atoms with E-state index in [2.05, 4.69) is 20.4 Å². The maximum Gasteiger partial charge on any atom is 0.227 e. The van der Waals surface area contributed by atoms with Gasteiger partial charge >= 0.3 is 0 Å². The van der Waals surface area contributed by atoms with Gasteiger partial charge in [-0.15, -0.1) is 0 Å². The molecule has 26 heavy (non-hydrogen) atoms. The Labute approximate surface area is 150 Å². The topological polar surface area (TPSA) is 79.1 Å². The zero-order valence-electron chi connectivity index (χ0n) is 14.3. The SMILES string of the molecule is CNc1nc(N2CCn3nc([C@@H](O)c4ccccc4)cc3C2)ncc1F. The van der Waals surface area contributed by atoms with Gasteiger partial charge in [0.05, 0.1) is 30.7 Å². The quantitative estimate of drug-likeness (QED) is 0.746. The summed E-state index contributed by atoms with van der Waals surface area (Å²) in [6, 6.07) is 11.3. The van der Waals surface area contributed by atoms with E-state index in [4.69, 9.17) is 0 Å². The summed E-state index contributed by atoms with van der Waals surface area (Å²) in [5.74, 6) is 0.161. The molecule has 0 radical (unpaired) electrons. The van der Waals surface area contributed by atoms with Crippen molar-refractivity contribution in [2.75, 3.05) is 23.8 Å². The lowest BCUT2D eigenvalue weighted by Crippen LogP contribution is -2.35. The Balaban J connectivity index is 1.57. The van der Waals surface area contributed by atoms with Crippen LogP contribution in [0.15, 0.2) is 42.6 Å². The third-order valence-electron chi connectivity index (χ3n) is 4.46. The molecule has 3 heterocycles. The van der Waals surface area contributed by atoms with Crippen molar-refractivity contribution >= 4 is 11.8 Å². The number of fused-ring (bicyclic) bond motifs is 1. The van der Waals surface area contributed by atoms with Crippen molar-refractivity contribution in [3.05, 3.63) is 65.4 Å². The fourth-order valence-electron chi connectivity index (χ4n) is 3.08. The van der Waals surface area contributed by atoms with E-state index in [9.17, 15) is 9.50 Å². The molecule has 1 aromatic carbocycles. The highest BCUT2D eigenvalue weighted by Gasteiger charge is 2.23. The van der Waals surface area contributed by atoms with Crippen molar-refractivity contribution in [3.8, 4) is 0 Å². The number of rotatable bonds is 4. The average Bonchev–Trinajstić information content (AvgIpc) is 3.11. The van der Waals surface area contributed by atoms with Gasteiger partial charge in [-0.1, -0.05) is 30.3 Å². The minimum absolute atomic E-state index is 0.175. The number of aromatic nitrogens is 4. The van der Waals surface area contributed by atoms with E-state index in [1.807, 2.05) is 46.0 Å². The molecule has 134 valence electrons. The first-order valence-electron chi connectivity index (χ1n) is 8.40. The summed E-state index contributed by atoms with van der Waals surface area (Å²) in [4.78, 5) is 10.3. The van der Waals surface area contributed by atoms with Crippen molar-refractivity contribution < 1.29 is 9.50 Å². The van der Waals surface area contributed by atoms with Crippen LogP contribution in [0.3, 0.4) is 0 Å². The standard InChI is InChI=1S/C18H19FN6O/c1-20-17-14(19)10-21-18(22-17)24-7-8-25-13(11-24)9-15(23-25)16(26)12-5-3-2-4-6-12/h2-6,9-10,16,26H,7-8,11H2,1H3,(H,20,21,22)/t16-/m0/s1. The van der Waals surface area contributed by atoms with Gasteiger partial charge in [-0.05, 0) is 11.6 Å². The highest BCUT2D eigenvalue weighted by molar-refractivity contribution is 5.43. The van der Waals surface area contributed by atoms with E-state index in [0.29, 0.717) is 31.3 Å². The summed E-state index contributed by atoms with van der Waals surface area (Å²) >= 11 is 0. The molecule has 0 spiro atoms. The molecule has 0 saturated heterocycles. The molecular weight excluding hydrogens is 335 g/mol. The molecule has 2 aromatic heterocycles. The molecule has 0 bridgehead atoms. The summed E-state index contributed by atoms with van der Waals surface area (Å²) in [6.07, 6.45) is 0.408. The van der Waals surface area contributed by atoms with Crippen molar-refractivity contribution in [1.82, 2.24) is 19.7 Å². The largest absolute Gasteiger partial charge is 0.382 e. The summed E-state index contributed by atoms with van der Waals surface area (Å²) < 4.78 is 15.5. The molecule has 7 nitrogen and oxygen atoms in total. The number of halogens is 1. The van der Waals surface area contributed by atoms with Crippen LogP contribution in [-0.2, 0) is 13.1 Å². The Hall–Kier alpha value is -3.00. The zero-order valence-corrected chi connectivity index (χ0v) is 14.3. The number of aliphatic hydroxyl groups is 1. The minimum atomic E-state index is -0.763. The molecule has 3 aromatic rings. The highest BCUT2D eigenvalue weighted by Crippen LogP contribution is 2.25. The number of benzene rings is 1. The maximum atomic E-state index is 13.6. The Bertz CT molecular complexity index is 913. The van der Waals surface area contributed by atoms with Gasteiger partial charge in [0, 0.05) is 13.6 Å². The van der Waals surface area contributed by atoms with E-state index in [1.165, 1.54) is 6.20 Å². The molecule has 0 aliphatic carbocycles. The van der Waals surface area contributed by atoms with Crippen LogP contribution in [0.5, 0.6) is 0 Å². The molecule has 8 heteroatoms. The van der Waals surface area contributed by atoms with Gasteiger partial charge in [-0.3, -0.25) is 4.68 Å². The fourth-order valence-corrected chi connectivity index (χ4v) is 3.08. The smallest absolute Gasteiger partial charge is 0.227 e. The van der Waals surface area contributed by atoms with E-state index in [1.54, 1.807) is 7.05 Å². The van der Waals surface area contributed by atoms with Gasteiger partial charge < -0.3 is 15.3 Å². The van der Waals surface area contributed by atoms with Gasteiger partial charge in [0.25, 0.3) is 0 Å². The average molecular weight is 354 g/mol. The fraction of sp³-hybridized carbons (Fsp3) is 0.278. The van der Waals surface area contributed by atoms with Crippen LogP contribution in [0.1, 0.15) is 23.1 Å². The summed E-state index contributed by atoms with van der Waals surface area (Å²) in [5, 5.41) is 17.8. The van der Waals surface area contributed by atoms with E-state index >= 15 is 0 Å². The van der Waals surface area contributed by atoms with Crippen LogP contribution in [0.2, 0.25) is 0 Å². The Morgan fingerprint density at radius 2 is 2.04 bits per heavy atom. The zero-order chi connectivity index (χ0) is 18.1. The second-order valence-corrected chi connectivity index (χ2v) is 6.14. The van der Waals surface area contributed by atoms with Crippen LogP contribution in [0, 0.1) is 5.82 Å². The molecule has 1 atom stereocenters. The first-order valence-corrected chi connectivity index (χ1v) is 8.40. The summed E-state index contributed by atoms with van der Waals surface area (Å²) in [6.45, 7) is 1.85. The normalized spacial score (nSPS) is 14.8. The first-order chi connectivity index (χ1) is 12.7. The number of nitrogens with one attached hydrogen (secondary N) is 1. The molecular formula is C18H19FN6O. The van der Waals surface area contributed by atoms with E-state index < -0.39 is 11.9 Å². The van der Waals surface area contributed by atoms with Crippen LogP contribution in [0.4, 0.5) is 16.2 Å². The van der Waals surface area contributed by atoms with Crippen LogP contribution in [0.25, 0.3) is 0 Å². The summed E-state index contributed by atoms with van der Waals surface area (Å²) in [5.41, 5.74) is 2.38. The Kier molecular flexibility index (Phi) is 4.26. The lowest BCUT2D eigenvalue weighted by molar-refractivity contribution is 0.214.